The topological polar surface area (TPSA) is 89.2 Å². The molecule has 0 aromatic rings. The van der Waals surface area contributed by atoms with Crippen molar-refractivity contribution in [2.45, 2.75) is 58.4 Å². The molecule has 0 aromatic heterocycles. The molecule has 0 radical (unpaired) electrons. The maximum Gasteiger partial charge on any atom is 0.409 e. The molecule has 1 aliphatic carbocycles. The van der Waals surface area contributed by atoms with Crippen molar-refractivity contribution < 1.29 is 14.3 Å². The maximum absolute atomic E-state index is 11.7. The van der Waals surface area contributed by atoms with Crippen LogP contribution in [-0.2, 0) is 9.47 Å². The Morgan fingerprint density at radius 3 is 2.50 bits per heavy atom. The van der Waals surface area contributed by atoms with E-state index in [1.807, 2.05) is 13.8 Å². The fourth-order valence-corrected chi connectivity index (χ4v) is 3.53. The molecule has 7 nitrogen and oxygen atoms in total. The molecule has 0 bridgehead atoms. The summed E-state index contributed by atoms with van der Waals surface area (Å²) < 4.78 is 10.5. The molecule has 1 amide bonds. The van der Waals surface area contributed by atoms with E-state index in [0.29, 0.717) is 25.7 Å². The van der Waals surface area contributed by atoms with Gasteiger partial charge < -0.3 is 25.4 Å². The number of rotatable bonds is 8. The summed E-state index contributed by atoms with van der Waals surface area (Å²) in [5.74, 6) is 0.525. The van der Waals surface area contributed by atoms with Crippen molar-refractivity contribution in [3.8, 4) is 0 Å². The summed E-state index contributed by atoms with van der Waals surface area (Å²) in [7, 11) is 0. The van der Waals surface area contributed by atoms with Crippen molar-refractivity contribution in [3.63, 3.8) is 0 Å². The maximum atomic E-state index is 11.7. The van der Waals surface area contributed by atoms with Gasteiger partial charge in [-0.1, -0.05) is 6.42 Å². The number of ether oxygens (including phenoxy) is 2. The van der Waals surface area contributed by atoms with Crippen LogP contribution in [0.5, 0.6) is 0 Å². The van der Waals surface area contributed by atoms with Crippen molar-refractivity contribution in [2.24, 2.45) is 16.1 Å². The molecule has 1 aliphatic heterocycles. The number of piperidine rings is 1. The first-order valence-electron chi connectivity index (χ1n) is 9.64. The second-order valence-corrected chi connectivity index (χ2v) is 7.11. The molecule has 1 heterocycles. The zero-order valence-corrected chi connectivity index (χ0v) is 18.5. The molecule has 3 N–H and O–H groups in total. The molecule has 8 heteroatoms. The summed E-state index contributed by atoms with van der Waals surface area (Å²) in [6.07, 6.45) is 6.29. The molecule has 0 aromatic carbocycles. The molecular formula is C18H35IN4O3. The third kappa shape index (κ3) is 7.09. The average molecular weight is 482 g/mol. The lowest BCUT2D eigenvalue weighted by atomic mass is 9.67. The van der Waals surface area contributed by atoms with Crippen LogP contribution in [0.25, 0.3) is 0 Å². The lowest BCUT2D eigenvalue weighted by Gasteiger charge is -2.41. The number of hydrogen-bond acceptors (Lipinski definition) is 4. The van der Waals surface area contributed by atoms with Gasteiger partial charge in [0, 0.05) is 38.9 Å². The van der Waals surface area contributed by atoms with E-state index in [1.54, 1.807) is 4.90 Å². The minimum atomic E-state index is -0.219. The summed E-state index contributed by atoms with van der Waals surface area (Å²) in [6.45, 7) is 8.03. The van der Waals surface area contributed by atoms with Crippen LogP contribution in [0.3, 0.4) is 0 Å². The van der Waals surface area contributed by atoms with Gasteiger partial charge in [0.1, 0.15) is 0 Å². The van der Waals surface area contributed by atoms with Crippen molar-refractivity contribution in [1.82, 2.24) is 10.2 Å². The van der Waals surface area contributed by atoms with E-state index < -0.39 is 0 Å². The van der Waals surface area contributed by atoms with Crippen LogP contribution in [0.2, 0.25) is 0 Å². The summed E-state index contributed by atoms with van der Waals surface area (Å²) in [6, 6.07) is 0.273. The van der Waals surface area contributed by atoms with Crippen LogP contribution in [0.1, 0.15) is 52.4 Å². The quantitative estimate of drug-likeness (QED) is 0.240. The number of hydrogen-bond donors (Lipinski definition) is 2. The van der Waals surface area contributed by atoms with Crippen LogP contribution >= 0.6 is 24.0 Å². The first kappa shape index (κ1) is 23.3. The van der Waals surface area contributed by atoms with Gasteiger partial charge in [0.25, 0.3) is 0 Å². The van der Waals surface area contributed by atoms with Gasteiger partial charge in [-0.05, 0) is 51.4 Å². The summed E-state index contributed by atoms with van der Waals surface area (Å²) in [4.78, 5) is 18.1. The first-order valence-corrected chi connectivity index (χ1v) is 9.64. The molecule has 0 atom stereocenters. The summed E-state index contributed by atoms with van der Waals surface area (Å²) in [5.41, 5.74) is 6.38. The summed E-state index contributed by atoms with van der Waals surface area (Å²) in [5, 5.41) is 3.32. The van der Waals surface area contributed by atoms with Crippen LogP contribution in [0.15, 0.2) is 4.99 Å². The van der Waals surface area contributed by atoms with E-state index in [0.717, 1.165) is 39.0 Å². The zero-order chi connectivity index (χ0) is 18.1. The summed E-state index contributed by atoms with van der Waals surface area (Å²) >= 11 is 0. The second kappa shape index (κ2) is 11.8. The molecule has 0 unspecified atom stereocenters. The van der Waals surface area contributed by atoms with E-state index >= 15 is 0 Å². The SMILES string of the molecule is CCOCCC1(CN=C(N)NC2CCN(C(=O)OCC)CC2)CCC1.I. The van der Waals surface area contributed by atoms with Crippen LogP contribution in [0, 0.1) is 5.41 Å². The van der Waals surface area contributed by atoms with E-state index in [9.17, 15) is 4.79 Å². The van der Waals surface area contributed by atoms with Crippen molar-refractivity contribution in [3.05, 3.63) is 0 Å². The van der Waals surface area contributed by atoms with Crippen molar-refractivity contribution in [1.29, 1.82) is 0 Å². The fraction of sp³-hybridized carbons (Fsp3) is 0.889. The second-order valence-electron chi connectivity index (χ2n) is 7.11. The molecule has 1 saturated heterocycles. The van der Waals surface area contributed by atoms with Gasteiger partial charge in [-0.3, -0.25) is 4.99 Å². The number of carbonyl (C=O) groups is 1. The van der Waals surface area contributed by atoms with Gasteiger partial charge in [0.2, 0.25) is 0 Å². The molecule has 2 fully saturated rings. The minimum absolute atomic E-state index is 0. The van der Waals surface area contributed by atoms with Gasteiger partial charge in [-0.2, -0.15) is 0 Å². The monoisotopic (exact) mass is 482 g/mol. The Bertz CT molecular complexity index is 450. The number of nitrogens with two attached hydrogens (primary N) is 1. The van der Waals surface area contributed by atoms with Crippen LogP contribution in [-0.4, -0.2) is 62.4 Å². The molecule has 26 heavy (non-hydrogen) atoms. The lowest BCUT2D eigenvalue weighted by Crippen LogP contribution is -2.49. The molecule has 2 rings (SSSR count). The number of nitrogens with one attached hydrogen (secondary N) is 1. The van der Waals surface area contributed by atoms with E-state index in [-0.39, 0.29) is 41.5 Å². The Morgan fingerprint density at radius 2 is 1.96 bits per heavy atom. The number of amides is 1. The third-order valence-corrected chi connectivity index (χ3v) is 5.35. The molecular weight excluding hydrogens is 447 g/mol. The predicted molar refractivity (Wildman–Crippen MR) is 114 cm³/mol. The van der Waals surface area contributed by atoms with E-state index in [2.05, 4.69) is 10.3 Å². The number of carbonyl (C=O) groups excluding carboxylic acids is 1. The Balaban J connectivity index is 0.00000338. The number of likely N-dealkylation sites (tertiary alicyclic amines) is 1. The minimum Gasteiger partial charge on any atom is -0.450 e. The highest BCUT2D eigenvalue weighted by molar-refractivity contribution is 14.0. The van der Waals surface area contributed by atoms with Gasteiger partial charge in [0.15, 0.2) is 5.96 Å². The van der Waals surface area contributed by atoms with Crippen LogP contribution in [0.4, 0.5) is 4.79 Å². The lowest BCUT2D eigenvalue weighted by molar-refractivity contribution is 0.0609. The molecule has 1 saturated carbocycles. The standard InChI is InChI=1S/C18H34N4O3.HI/c1-3-24-13-10-18(8-5-9-18)14-20-16(19)21-15-6-11-22(12-7-15)17(23)25-4-2;/h15H,3-14H2,1-2H3,(H3,19,20,21);1H. The number of halogens is 1. The molecule has 152 valence electrons. The van der Waals surface area contributed by atoms with Crippen molar-refractivity contribution >= 4 is 36.0 Å². The smallest absolute Gasteiger partial charge is 0.409 e. The highest BCUT2D eigenvalue weighted by Crippen LogP contribution is 2.44. The highest BCUT2D eigenvalue weighted by Gasteiger charge is 2.36. The Hall–Kier alpha value is -0.770. The normalized spacial score (nSPS) is 20.1. The fourth-order valence-electron chi connectivity index (χ4n) is 3.53. The molecule has 0 spiro atoms. The number of guanidine groups is 1. The average Bonchev–Trinajstić information content (AvgIpc) is 2.57. The highest BCUT2D eigenvalue weighted by atomic mass is 127. The Labute approximate surface area is 174 Å². The van der Waals surface area contributed by atoms with Gasteiger partial charge in [-0.25, -0.2) is 4.79 Å². The Kier molecular flexibility index (Phi) is 10.6. The molecule has 2 aliphatic rings. The zero-order valence-electron chi connectivity index (χ0n) is 16.2. The van der Waals surface area contributed by atoms with Crippen LogP contribution < -0.4 is 11.1 Å². The Morgan fingerprint density at radius 1 is 1.27 bits per heavy atom. The van der Waals surface area contributed by atoms with E-state index in [4.69, 9.17) is 15.2 Å². The first-order chi connectivity index (χ1) is 12.1. The third-order valence-electron chi connectivity index (χ3n) is 5.35. The van der Waals surface area contributed by atoms with Gasteiger partial charge >= 0.3 is 6.09 Å². The predicted octanol–water partition coefficient (Wildman–Crippen LogP) is 2.73. The number of nitrogens with zero attached hydrogens (tertiary/aromatic N) is 2. The van der Waals surface area contributed by atoms with Gasteiger partial charge in [-0.15, -0.1) is 24.0 Å². The number of aliphatic imine (C=N–C) groups is 1. The van der Waals surface area contributed by atoms with E-state index in [1.165, 1.54) is 19.3 Å². The largest absolute Gasteiger partial charge is 0.450 e. The van der Waals surface area contributed by atoms with Gasteiger partial charge in [0.05, 0.1) is 6.61 Å². The van der Waals surface area contributed by atoms with Crippen molar-refractivity contribution in [2.75, 3.05) is 39.5 Å².